The van der Waals surface area contributed by atoms with Gasteiger partial charge in [-0.25, -0.2) is 13.2 Å². The minimum atomic E-state index is -3.06. The fourth-order valence-electron chi connectivity index (χ4n) is 0.773. The van der Waals surface area contributed by atoms with Gasteiger partial charge in [0.15, 0.2) is 9.84 Å². The molecule has 0 aliphatic heterocycles. The fraction of sp³-hybridized carbons (Fsp3) is 0.700. The summed E-state index contributed by atoms with van der Waals surface area (Å²) in [6.07, 6.45) is 1.06. The summed E-state index contributed by atoms with van der Waals surface area (Å²) in [5.41, 5.74) is 0. The van der Waals surface area contributed by atoms with E-state index in [1.807, 2.05) is 0 Å². The Morgan fingerprint density at radius 1 is 1.31 bits per heavy atom. The maximum Gasteiger partial charge on any atom is 0.330 e. The lowest BCUT2D eigenvalue weighted by molar-refractivity contribution is -0.139. The highest BCUT2D eigenvalue weighted by Crippen LogP contribution is 2.00. The Balaban J connectivity index is 3.55. The van der Waals surface area contributed by atoms with E-state index >= 15 is 0 Å². The number of sulfone groups is 1. The van der Waals surface area contributed by atoms with Gasteiger partial charge in [-0.2, -0.15) is 0 Å². The average molecular weight is 250 g/mol. The third-order valence-electron chi connectivity index (χ3n) is 1.87. The Morgan fingerprint density at radius 2 is 1.94 bits per heavy atom. The molecule has 0 saturated carbocycles. The van der Waals surface area contributed by atoms with Crippen LogP contribution in [0.5, 0.6) is 0 Å². The monoisotopic (exact) mass is 250 g/mol. The number of ether oxygens (including phenoxy) is 2. The largest absolute Gasteiger partial charge is 0.460 e. The molecule has 16 heavy (non-hydrogen) atoms. The molecule has 0 amide bonds. The van der Waals surface area contributed by atoms with Crippen molar-refractivity contribution >= 4 is 15.8 Å². The van der Waals surface area contributed by atoms with Crippen LogP contribution >= 0.6 is 0 Å². The standard InChI is InChI=1S/C10H18O5S/c1-4-10(11)15-6-5-14-7-8-16(12,13)9(2)3/h4,9H,1,5-8H2,2-3H3. The Labute approximate surface area is 96.3 Å². The predicted molar refractivity (Wildman–Crippen MR) is 60.9 cm³/mol. The molecule has 0 radical (unpaired) electrons. The number of carbonyl (C=O) groups is 1. The summed E-state index contributed by atoms with van der Waals surface area (Å²) in [4.78, 5) is 10.6. The van der Waals surface area contributed by atoms with Crippen LogP contribution in [0.25, 0.3) is 0 Å². The normalized spacial score (nSPS) is 11.4. The highest BCUT2D eigenvalue weighted by Gasteiger charge is 2.15. The van der Waals surface area contributed by atoms with Gasteiger partial charge in [-0.1, -0.05) is 6.58 Å². The first kappa shape index (κ1) is 15.1. The predicted octanol–water partition coefficient (Wildman–Crippen LogP) is 0.555. The van der Waals surface area contributed by atoms with Gasteiger partial charge in [-0.05, 0) is 13.8 Å². The second kappa shape index (κ2) is 7.40. The number of esters is 1. The summed E-state index contributed by atoms with van der Waals surface area (Å²) < 4.78 is 32.3. The van der Waals surface area contributed by atoms with Gasteiger partial charge >= 0.3 is 5.97 Å². The number of rotatable bonds is 8. The summed E-state index contributed by atoms with van der Waals surface area (Å²) in [5.74, 6) is -0.529. The molecule has 0 fully saturated rings. The lowest BCUT2D eigenvalue weighted by Gasteiger charge is -2.08. The molecule has 0 atom stereocenters. The molecule has 0 aromatic rings. The third-order valence-corrected chi connectivity index (χ3v) is 4.04. The topological polar surface area (TPSA) is 69.7 Å². The lowest BCUT2D eigenvalue weighted by atomic mass is 10.6. The molecule has 0 aromatic carbocycles. The summed E-state index contributed by atoms with van der Waals surface area (Å²) in [5, 5.41) is -0.394. The van der Waals surface area contributed by atoms with E-state index in [2.05, 4.69) is 11.3 Å². The second-order valence-electron chi connectivity index (χ2n) is 3.40. The number of hydrogen-bond acceptors (Lipinski definition) is 5. The molecule has 94 valence electrons. The van der Waals surface area contributed by atoms with Crippen molar-refractivity contribution in [2.24, 2.45) is 0 Å². The van der Waals surface area contributed by atoms with Gasteiger partial charge < -0.3 is 9.47 Å². The van der Waals surface area contributed by atoms with Gasteiger partial charge in [0.05, 0.1) is 24.2 Å². The summed E-state index contributed by atoms with van der Waals surface area (Å²) in [7, 11) is -3.06. The van der Waals surface area contributed by atoms with Gasteiger partial charge in [0.1, 0.15) is 6.61 Å². The van der Waals surface area contributed by atoms with Gasteiger partial charge in [-0.15, -0.1) is 0 Å². The van der Waals surface area contributed by atoms with Gasteiger partial charge in [0.2, 0.25) is 0 Å². The van der Waals surface area contributed by atoms with Crippen molar-refractivity contribution in [3.8, 4) is 0 Å². The van der Waals surface area contributed by atoms with Crippen molar-refractivity contribution < 1.29 is 22.7 Å². The van der Waals surface area contributed by atoms with Crippen LogP contribution in [0, 0.1) is 0 Å². The smallest absolute Gasteiger partial charge is 0.330 e. The van der Waals surface area contributed by atoms with E-state index in [-0.39, 0.29) is 25.6 Å². The van der Waals surface area contributed by atoms with Crippen molar-refractivity contribution in [2.75, 3.05) is 25.6 Å². The van der Waals surface area contributed by atoms with E-state index in [1.165, 1.54) is 0 Å². The zero-order valence-electron chi connectivity index (χ0n) is 9.64. The summed E-state index contributed by atoms with van der Waals surface area (Å²) >= 11 is 0. The van der Waals surface area contributed by atoms with Crippen LogP contribution < -0.4 is 0 Å². The molecule has 5 nitrogen and oxygen atoms in total. The highest BCUT2D eigenvalue weighted by molar-refractivity contribution is 7.91. The van der Waals surface area contributed by atoms with Crippen molar-refractivity contribution in [2.45, 2.75) is 19.1 Å². The minimum absolute atomic E-state index is 0.0138. The number of carbonyl (C=O) groups excluding carboxylic acids is 1. The van der Waals surface area contributed by atoms with Crippen molar-refractivity contribution in [3.05, 3.63) is 12.7 Å². The Hall–Kier alpha value is -0.880. The molecule has 0 N–H and O–H groups in total. The molecule has 0 bridgehead atoms. The number of hydrogen-bond donors (Lipinski definition) is 0. The average Bonchev–Trinajstić information content (AvgIpc) is 2.22. The Morgan fingerprint density at radius 3 is 2.44 bits per heavy atom. The van der Waals surface area contributed by atoms with Gasteiger partial charge in [0, 0.05) is 6.08 Å². The van der Waals surface area contributed by atoms with Crippen molar-refractivity contribution in [1.82, 2.24) is 0 Å². The van der Waals surface area contributed by atoms with Crippen LogP contribution in [0.3, 0.4) is 0 Å². The molecule has 0 heterocycles. The van der Waals surface area contributed by atoms with E-state index in [9.17, 15) is 13.2 Å². The van der Waals surface area contributed by atoms with Crippen molar-refractivity contribution in [1.29, 1.82) is 0 Å². The SMILES string of the molecule is C=CC(=O)OCCOCCS(=O)(=O)C(C)C. The molecule has 6 heteroatoms. The van der Waals surface area contributed by atoms with Gasteiger partial charge in [-0.3, -0.25) is 0 Å². The maximum absolute atomic E-state index is 11.3. The molecule has 0 aliphatic rings. The second-order valence-corrected chi connectivity index (χ2v) is 6.08. The first-order valence-corrected chi connectivity index (χ1v) is 6.70. The van der Waals surface area contributed by atoms with Crippen LogP contribution in [-0.4, -0.2) is 45.2 Å². The molecular weight excluding hydrogens is 232 g/mol. The van der Waals surface area contributed by atoms with E-state index in [1.54, 1.807) is 13.8 Å². The summed E-state index contributed by atoms with van der Waals surface area (Å²) in [6.45, 7) is 6.89. The first-order chi connectivity index (χ1) is 7.40. The van der Waals surface area contributed by atoms with E-state index < -0.39 is 21.1 Å². The highest BCUT2D eigenvalue weighted by atomic mass is 32.2. The first-order valence-electron chi connectivity index (χ1n) is 4.98. The fourth-order valence-corrected chi connectivity index (χ4v) is 1.59. The van der Waals surface area contributed by atoms with Crippen LogP contribution in [0.2, 0.25) is 0 Å². The van der Waals surface area contributed by atoms with Crippen LogP contribution in [-0.2, 0) is 24.1 Å². The zero-order chi connectivity index (χ0) is 12.6. The molecule has 0 aliphatic carbocycles. The quantitative estimate of drug-likeness (QED) is 0.357. The molecule has 0 rings (SSSR count). The van der Waals surface area contributed by atoms with Crippen LogP contribution in [0.4, 0.5) is 0 Å². The molecular formula is C10H18O5S. The molecule has 0 unspecified atom stereocenters. The van der Waals surface area contributed by atoms with Crippen molar-refractivity contribution in [3.63, 3.8) is 0 Å². The molecule has 0 saturated heterocycles. The van der Waals surface area contributed by atoms with E-state index in [0.29, 0.717) is 0 Å². The van der Waals surface area contributed by atoms with E-state index in [0.717, 1.165) is 6.08 Å². The molecule has 0 spiro atoms. The Kier molecular flexibility index (Phi) is 7.00. The Bertz CT molecular complexity index is 318. The molecule has 0 aromatic heterocycles. The van der Waals surface area contributed by atoms with Gasteiger partial charge in [0.25, 0.3) is 0 Å². The third kappa shape index (κ3) is 6.58. The summed E-state index contributed by atoms with van der Waals surface area (Å²) in [6, 6.07) is 0. The zero-order valence-corrected chi connectivity index (χ0v) is 10.5. The van der Waals surface area contributed by atoms with Crippen LogP contribution in [0.15, 0.2) is 12.7 Å². The lowest BCUT2D eigenvalue weighted by Crippen LogP contribution is -2.21. The van der Waals surface area contributed by atoms with E-state index in [4.69, 9.17) is 4.74 Å². The minimum Gasteiger partial charge on any atom is -0.460 e. The van der Waals surface area contributed by atoms with Crippen LogP contribution in [0.1, 0.15) is 13.8 Å². The maximum atomic E-state index is 11.3.